The van der Waals surface area contributed by atoms with Gasteiger partial charge in [-0.3, -0.25) is 9.78 Å². The van der Waals surface area contributed by atoms with Crippen LogP contribution in [0.5, 0.6) is 11.5 Å². The van der Waals surface area contributed by atoms with Crippen molar-refractivity contribution in [1.82, 2.24) is 20.3 Å². The second kappa shape index (κ2) is 19.7. The second-order valence-corrected chi connectivity index (χ2v) is 12.7. The largest absolute Gasteiger partial charge is 0.489 e. The topological polar surface area (TPSA) is 139 Å². The highest BCUT2D eigenvalue weighted by Gasteiger charge is 2.17. The van der Waals surface area contributed by atoms with Crippen molar-refractivity contribution in [1.29, 1.82) is 0 Å². The van der Waals surface area contributed by atoms with E-state index in [1.807, 2.05) is 86.1 Å². The number of aromatic carboxylic acids is 1. The van der Waals surface area contributed by atoms with Crippen LogP contribution in [0.25, 0.3) is 22.5 Å². The number of aromatic amines is 1. The van der Waals surface area contributed by atoms with Gasteiger partial charge in [0.05, 0.1) is 23.3 Å². The molecule has 6 rings (SSSR count). The zero-order valence-corrected chi connectivity index (χ0v) is 31.4. The van der Waals surface area contributed by atoms with Gasteiger partial charge in [-0.05, 0) is 108 Å². The number of benzene rings is 4. The lowest BCUT2D eigenvalue weighted by Gasteiger charge is -2.13. The average Bonchev–Trinajstić information content (AvgIpc) is 3.80. The molecular formula is C47H41N5O5. The molecule has 4 aromatic carbocycles. The number of aliphatic imine (C=N–C) groups is 1. The van der Waals surface area contributed by atoms with Crippen molar-refractivity contribution in [3.05, 3.63) is 198 Å². The lowest BCUT2D eigenvalue weighted by Crippen LogP contribution is -2.16. The van der Waals surface area contributed by atoms with Gasteiger partial charge in [0.1, 0.15) is 18.1 Å². The van der Waals surface area contributed by atoms with Crippen LogP contribution >= 0.6 is 0 Å². The molecule has 0 bridgehead atoms. The molecule has 6 aromatic rings. The number of allylic oxidation sites excluding steroid dienone is 3. The molecule has 0 aliphatic rings. The molecular weight excluding hydrogens is 715 g/mol. The molecule has 0 unspecified atom stereocenters. The van der Waals surface area contributed by atoms with Crippen molar-refractivity contribution in [3.8, 4) is 22.8 Å². The van der Waals surface area contributed by atoms with Crippen LogP contribution in [0.15, 0.2) is 164 Å². The van der Waals surface area contributed by atoms with Crippen LogP contribution in [0.2, 0.25) is 0 Å². The molecule has 0 amide bonds. The number of carbonyl (C=O) groups excluding carboxylic acids is 1. The van der Waals surface area contributed by atoms with Gasteiger partial charge in [-0.2, -0.15) is 0 Å². The summed E-state index contributed by atoms with van der Waals surface area (Å²) < 4.78 is 12.0. The molecule has 57 heavy (non-hydrogen) atoms. The third kappa shape index (κ3) is 10.8. The van der Waals surface area contributed by atoms with Gasteiger partial charge in [0, 0.05) is 47.4 Å². The molecule has 0 aliphatic carbocycles. The third-order valence-electron chi connectivity index (χ3n) is 8.79. The predicted molar refractivity (Wildman–Crippen MR) is 223 cm³/mol. The van der Waals surface area contributed by atoms with E-state index in [1.54, 1.807) is 43.0 Å². The first-order valence-corrected chi connectivity index (χ1v) is 18.2. The van der Waals surface area contributed by atoms with Crippen molar-refractivity contribution in [3.63, 3.8) is 0 Å². The number of Topliss-reactive ketones (excluding diaryl/α,β-unsaturated/α-hetero) is 1. The van der Waals surface area contributed by atoms with E-state index in [0.717, 1.165) is 45.0 Å². The summed E-state index contributed by atoms with van der Waals surface area (Å²) in [5, 5.41) is 12.7. The maximum Gasteiger partial charge on any atom is 0.336 e. The fourth-order valence-electron chi connectivity index (χ4n) is 6.09. The van der Waals surface area contributed by atoms with E-state index in [2.05, 4.69) is 55.9 Å². The summed E-state index contributed by atoms with van der Waals surface area (Å²) in [6.45, 7) is 5.76. The summed E-state index contributed by atoms with van der Waals surface area (Å²) in [5.41, 5.74) is 8.06. The van der Waals surface area contributed by atoms with E-state index in [9.17, 15) is 14.7 Å². The number of nitrogens with one attached hydrogen (secondary N) is 2. The standard InChI is InChI=1S/C47H41N5O5/c1-3-43(42-18-10-11-19-46(42)57-31-45(53)40-16-8-9-17-41(40)47(54)55)51-21-12-13-38-27-35(20-22-50-38)37(28-48-4-2)25-33-23-34(30-56-39-14-6-5-7-15-39)26-36(24-33)44-29-49-32-52-44/h3-12,14-20,22-24,26-29,32,48H,2,13,25,30-31H2,1H3,(H,49,52)(H,54,55)/b37-28+,43-3-. The number of ether oxygens (including phenoxy) is 2. The van der Waals surface area contributed by atoms with E-state index in [1.165, 1.54) is 12.1 Å². The molecule has 0 aliphatic heterocycles. The normalized spacial score (nSPS) is 11.2. The number of H-pyrrole nitrogens is 1. The molecule has 2 heterocycles. The number of ketones is 1. The second-order valence-electron chi connectivity index (χ2n) is 12.7. The maximum absolute atomic E-state index is 12.9. The number of pyridine rings is 1. The summed E-state index contributed by atoms with van der Waals surface area (Å²) in [6, 6.07) is 33.5. The van der Waals surface area contributed by atoms with Gasteiger partial charge in [0.15, 0.2) is 6.61 Å². The van der Waals surface area contributed by atoms with Crippen LogP contribution in [-0.4, -0.2) is 44.3 Å². The highest BCUT2D eigenvalue weighted by molar-refractivity contribution is 6.06. The Morgan fingerprint density at radius 3 is 2.40 bits per heavy atom. The number of hydrogen-bond acceptors (Lipinski definition) is 8. The zero-order valence-electron chi connectivity index (χ0n) is 31.4. The number of carbonyl (C=O) groups is 2. The smallest absolute Gasteiger partial charge is 0.336 e. The van der Waals surface area contributed by atoms with E-state index >= 15 is 0 Å². The first-order valence-electron chi connectivity index (χ1n) is 18.2. The van der Waals surface area contributed by atoms with E-state index in [-0.39, 0.29) is 17.7 Å². The number of rotatable bonds is 18. The van der Waals surface area contributed by atoms with Gasteiger partial charge in [-0.1, -0.05) is 67.3 Å². The Bertz CT molecular complexity index is 2460. The third-order valence-corrected chi connectivity index (χ3v) is 8.79. The minimum atomic E-state index is -1.17. The predicted octanol–water partition coefficient (Wildman–Crippen LogP) is 9.16. The number of nitrogens with zero attached hydrogens (tertiary/aromatic N) is 3. The Morgan fingerprint density at radius 2 is 1.65 bits per heavy atom. The van der Waals surface area contributed by atoms with Gasteiger partial charge in [0.2, 0.25) is 5.78 Å². The number of hydrogen-bond donors (Lipinski definition) is 3. The Morgan fingerprint density at radius 1 is 0.895 bits per heavy atom. The zero-order chi connectivity index (χ0) is 39.8. The van der Waals surface area contributed by atoms with Gasteiger partial charge in [-0.15, -0.1) is 0 Å². The summed E-state index contributed by atoms with van der Waals surface area (Å²) in [6.07, 6.45) is 13.6. The highest BCUT2D eigenvalue weighted by atomic mass is 16.5. The van der Waals surface area contributed by atoms with Crippen LogP contribution in [0.1, 0.15) is 55.6 Å². The number of carboxylic acid groups (broad SMARTS) is 1. The van der Waals surface area contributed by atoms with Gasteiger partial charge >= 0.3 is 5.97 Å². The Balaban J connectivity index is 1.17. The molecule has 0 saturated carbocycles. The molecule has 10 nitrogen and oxygen atoms in total. The van der Waals surface area contributed by atoms with Crippen LogP contribution in [0.3, 0.4) is 0 Å². The van der Waals surface area contributed by atoms with Crippen LogP contribution in [-0.2, 0) is 19.4 Å². The maximum atomic E-state index is 12.9. The fraction of sp³-hybridized carbons (Fsp3) is 0.106. The van der Waals surface area contributed by atoms with Crippen molar-refractivity contribution >= 4 is 28.9 Å². The van der Waals surface area contributed by atoms with Crippen LogP contribution in [0.4, 0.5) is 0 Å². The first-order chi connectivity index (χ1) is 27.9. The van der Waals surface area contributed by atoms with Gasteiger partial charge in [-0.25, -0.2) is 14.8 Å². The molecule has 3 N–H and O–H groups in total. The summed E-state index contributed by atoms with van der Waals surface area (Å²) in [4.78, 5) is 41.3. The molecule has 0 fully saturated rings. The van der Waals surface area contributed by atoms with Crippen LogP contribution in [0, 0.1) is 0 Å². The number of imidazole rings is 1. The lowest BCUT2D eigenvalue weighted by molar-refractivity contribution is 0.0690. The highest BCUT2D eigenvalue weighted by Crippen LogP contribution is 2.28. The quantitative estimate of drug-likeness (QED) is 0.0583. The van der Waals surface area contributed by atoms with Crippen LogP contribution < -0.4 is 14.8 Å². The summed E-state index contributed by atoms with van der Waals surface area (Å²) >= 11 is 0. The summed E-state index contributed by atoms with van der Waals surface area (Å²) in [7, 11) is 0. The van der Waals surface area contributed by atoms with Crippen molar-refractivity contribution < 1.29 is 24.2 Å². The fourth-order valence-corrected chi connectivity index (χ4v) is 6.09. The minimum Gasteiger partial charge on any atom is -0.489 e. The molecule has 0 radical (unpaired) electrons. The molecule has 0 saturated heterocycles. The SMILES string of the molecule is C=CN/C=C(\Cc1cc(COc2ccccc2)cc(-c2c[nH]cn2)c1)c1ccnc(CC=C=N/C(=C\C)c2ccccc2OCC(=O)c2ccccc2C(=O)O)c1. The number of carboxylic acids is 1. The molecule has 0 spiro atoms. The Hall–Kier alpha value is -7.55. The molecule has 284 valence electrons. The minimum absolute atomic E-state index is 0.0701. The van der Waals surface area contributed by atoms with E-state index < -0.39 is 11.8 Å². The van der Waals surface area contributed by atoms with Crippen molar-refractivity contribution in [2.45, 2.75) is 26.4 Å². The molecule has 0 atom stereocenters. The first kappa shape index (κ1) is 39.2. The monoisotopic (exact) mass is 755 g/mol. The lowest BCUT2D eigenvalue weighted by atomic mass is 9.95. The number of aromatic nitrogens is 3. The van der Waals surface area contributed by atoms with E-state index in [4.69, 9.17) is 9.47 Å². The number of para-hydroxylation sites is 2. The van der Waals surface area contributed by atoms with Gasteiger partial charge < -0.3 is 24.9 Å². The Labute approximate surface area is 331 Å². The van der Waals surface area contributed by atoms with Crippen molar-refractivity contribution in [2.24, 2.45) is 4.99 Å². The van der Waals surface area contributed by atoms with Gasteiger partial charge in [0.25, 0.3) is 0 Å². The van der Waals surface area contributed by atoms with E-state index in [0.29, 0.717) is 36.5 Å². The molecule has 2 aromatic heterocycles. The average molecular weight is 756 g/mol. The van der Waals surface area contributed by atoms with Crippen molar-refractivity contribution in [2.75, 3.05) is 6.61 Å². The Kier molecular flexibility index (Phi) is 13.5. The molecule has 10 heteroatoms. The summed E-state index contributed by atoms with van der Waals surface area (Å²) in [5.74, 6) is 2.66.